The fourth-order valence-electron chi connectivity index (χ4n) is 1.83. The Balaban J connectivity index is 3.42. The number of rotatable bonds is 4. The Labute approximate surface area is 107 Å². The largest absolute Gasteiger partial charge is 0.496 e. The van der Waals surface area contributed by atoms with Gasteiger partial charge in [-0.25, -0.2) is 0 Å². The van der Waals surface area contributed by atoms with Crippen LogP contribution in [0.1, 0.15) is 35.3 Å². The molecule has 0 spiro atoms. The molecule has 0 saturated heterocycles. The smallest absolute Gasteiger partial charge is 0.317 e. The number of benzene rings is 1. The van der Waals surface area contributed by atoms with Gasteiger partial charge in [-0.05, 0) is 44.9 Å². The Morgan fingerprint density at radius 3 is 2.22 bits per heavy atom. The van der Waals surface area contributed by atoms with Crippen molar-refractivity contribution in [3.8, 4) is 5.75 Å². The molecule has 0 aliphatic heterocycles. The van der Waals surface area contributed by atoms with Gasteiger partial charge in [-0.3, -0.25) is 9.59 Å². The van der Waals surface area contributed by atoms with Gasteiger partial charge in [0.25, 0.3) is 0 Å². The Kier molecular flexibility index (Phi) is 3.79. The van der Waals surface area contributed by atoms with Gasteiger partial charge in [-0.2, -0.15) is 0 Å². The van der Waals surface area contributed by atoms with E-state index in [9.17, 15) is 9.59 Å². The second kappa shape index (κ2) is 4.80. The van der Waals surface area contributed by atoms with Gasteiger partial charge in [-0.15, -0.1) is 0 Å². The number of carboxylic acids is 1. The summed E-state index contributed by atoms with van der Waals surface area (Å²) in [6.45, 7) is 6.48. The quantitative estimate of drug-likeness (QED) is 0.659. The second-order valence-corrected chi connectivity index (χ2v) is 4.92. The first kappa shape index (κ1) is 14.2. The number of ketones is 1. The van der Waals surface area contributed by atoms with Crippen molar-refractivity contribution < 1.29 is 19.4 Å². The van der Waals surface area contributed by atoms with Crippen LogP contribution in [0.3, 0.4) is 0 Å². The highest BCUT2D eigenvalue weighted by molar-refractivity contribution is 6.13. The SMILES string of the molecule is COc1c(C)cc(C)cc1C(=O)C(C)(C)C(=O)O. The summed E-state index contributed by atoms with van der Waals surface area (Å²) in [4.78, 5) is 23.5. The maximum absolute atomic E-state index is 12.3. The van der Waals surface area contributed by atoms with E-state index in [2.05, 4.69) is 0 Å². The highest BCUT2D eigenvalue weighted by atomic mass is 16.5. The van der Waals surface area contributed by atoms with Crippen LogP contribution in [0.4, 0.5) is 0 Å². The summed E-state index contributed by atoms with van der Waals surface area (Å²) in [5.41, 5.74) is 0.579. The predicted octanol–water partition coefficient (Wildman–Crippen LogP) is 2.61. The Morgan fingerprint density at radius 2 is 1.78 bits per heavy atom. The molecule has 4 nitrogen and oxygen atoms in total. The van der Waals surface area contributed by atoms with Crippen molar-refractivity contribution in [3.63, 3.8) is 0 Å². The van der Waals surface area contributed by atoms with Crippen LogP contribution in [-0.4, -0.2) is 24.0 Å². The van der Waals surface area contributed by atoms with Crippen LogP contribution in [0.5, 0.6) is 5.75 Å². The lowest BCUT2D eigenvalue weighted by Crippen LogP contribution is -2.33. The van der Waals surface area contributed by atoms with E-state index in [-0.39, 0.29) is 0 Å². The van der Waals surface area contributed by atoms with Crippen LogP contribution >= 0.6 is 0 Å². The lowest BCUT2D eigenvalue weighted by molar-refractivity contribution is -0.144. The second-order valence-electron chi connectivity index (χ2n) is 4.92. The number of carbonyl (C=O) groups excluding carboxylic acids is 1. The molecule has 0 fully saturated rings. The van der Waals surface area contributed by atoms with E-state index in [4.69, 9.17) is 9.84 Å². The molecule has 0 aliphatic carbocycles. The van der Waals surface area contributed by atoms with Crippen LogP contribution in [0.25, 0.3) is 0 Å². The highest BCUT2D eigenvalue weighted by Gasteiger charge is 2.38. The van der Waals surface area contributed by atoms with Gasteiger partial charge in [-0.1, -0.05) is 6.07 Å². The number of aryl methyl sites for hydroxylation is 2. The normalized spacial score (nSPS) is 11.2. The number of methoxy groups -OCH3 is 1. The number of Topliss-reactive ketones (excluding diaryl/α,β-unsaturated/α-hetero) is 1. The predicted molar refractivity (Wildman–Crippen MR) is 68.2 cm³/mol. The zero-order valence-corrected chi connectivity index (χ0v) is 11.3. The lowest BCUT2D eigenvalue weighted by atomic mass is 9.83. The fraction of sp³-hybridized carbons (Fsp3) is 0.429. The number of carboxylic acid groups (broad SMARTS) is 1. The molecule has 0 aliphatic rings. The molecule has 98 valence electrons. The van der Waals surface area contributed by atoms with E-state index in [1.54, 1.807) is 6.07 Å². The first-order chi connectivity index (χ1) is 8.21. The summed E-state index contributed by atoms with van der Waals surface area (Å²) in [5.74, 6) is -1.15. The number of ether oxygens (including phenoxy) is 1. The molecule has 1 aromatic rings. The van der Waals surface area contributed by atoms with Crippen molar-refractivity contribution in [2.24, 2.45) is 5.41 Å². The minimum absolute atomic E-state index is 0.322. The Hall–Kier alpha value is -1.84. The van der Waals surface area contributed by atoms with E-state index < -0.39 is 17.2 Å². The zero-order valence-electron chi connectivity index (χ0n) is 11.3. The number of aliphatic carboxylic acids is 1. The van der Waals surface area contributed by atoms with Crippen LogP contribution in [0, 0.1) is 19.3 Å². The van der Waals surface area contributed by atoms with Crippen LogP contribution in [-0.2, 0) is 4.79 Å². The molecule has 0 unspecified atom stereocenters. The molecule has 0 heterocycles. The van der Waals surface area contributed by atoms with Gasteiger partial charge in [0.2, 0.25) is 0 Å². The molecule has 1 N–H and O–H groups in total. The average molecular weight is 250 g/mol. The third kappa shape index (κ3) is 2.37. The molecule has 0 bridgehead atoms. The minimum atomic E-state index is -1.46. The van der Waals surface area contributed by atoms with Crippen molar-refractivity contribution in [1.29, 1.82) is 0 Å². The first-order valence-corrected chi connectivity index (χ1v) is 5.65. The standard InChI is InChI=1S/C14H18O4/c1-8-6-9(2)11(18-5)10(7-8)12(15)14(3,4)13(16)17/h6-7H,1-5H3,(H,16,17). The molecule has 1 aromatic carbocycles. The third-order valence-electron chi connectivity index (χ3n) is 2.97. The molecule has 0 atom stereocenters. The van der Waals surface area contributed by atoms with E-state index in [0.29, 0.717) is 11.3 Å². The summed E-state index contributed by atoms with van der Waals surface area (Å²) in [7, 11) is 1.47. The number of hydrogen-bond donors (Lipinski definition) is 1. The van der Waals surface area contributed by atoms with Crippen molar-refractivity contribution >= 4 is 11.8 Å². The maximum atomic E-state index is 12.3. The molecule has 0 saturated carbocycles. The average Bonchev–Trinajstić information content (AvgIpc) is 2.26. The van der Waals surface area contributed by atoms with Gasteiger partial charge >= 0.3 is 5.97 Å². The molecule has 0 amide bonds. The van der Waals surface area contributed by atoms with Gasteiger partial charge < -0.3 is 9.84 Å². The first-order valence-electron chi connectivity index (χ1n) is 5.65. The maximum Gasteiger partial charge on any atom is 0.317 e. The number of hydrogen-bond acceptors (Lipinski definition) is 3. The summed E-state index contributed by atoms with van der Waals surface area (Å²) in [6.07, 6.45) is 0. The molecular formula is C14H18O4. The molecule has 4 heteroatoms. The summed E-state index contributed by atoms with van der Waals surface area (Å²) >= 11 is 0. The van der Waals surface area contributed by atoms with E-state index >= 15 is 0 Å². The molecule has 1 rings (SSSR count). The zero-order chi connectivity index (χ0) is 14.1. The van der Waals surface area contributed by atoms with Crippen LogP contribution in [0.15, 0.2) is 12.1 Å². The summed E-state index contributed by atoms with van der Waals surface area (Å²) in [5, 5.41) is 9.11. The summed E-state index contributed by atoms with van der Waals surface area (Å²) < 4.78 is 5.21. The molecular weight excluding hydrogens is 232 g/mol. The van der Waals surface area contributed by atoms with Gasteiger partial charge in [0.05, 0.1) is 12.7 Å². The Bertz CT molecular complexity index is 501. The topological polar surface area (TPSA) is 63.6 Å². The molecule has 18 heavy (non-hydrogen) atoms. The van der Waals surface area contributed by atoms with Gasteiger partial charge in [0, 0.05) is 0 Å². The van der Waals surface area contributed by atoms with Gasteiger partial charge in [0.15, 0.2) is 5.78 Å². The highest BCUT2D eigenvalue weighted by Crippen LogP contribution is 2.31. The van der Waals surface area contributed by atoms with Crippen molar-refractivity contribution in [2.75, 3.05) is 7.11 Å². The molecule has 0 aromatic heterocycles. The fourth-order valence-corrected chi connectivity index (χ4v) is 1.83. The van der Waals surface area contributed by atoms with E-state index in [1.807, 2.05) is 19.9 Å². The van der Waals surface area contributed by atoms with Crippen molar-refractivity contribution in [1.82, 2.24) is 0 Å². The van der Waals surface area contributed by atoms with Crippen molar-refractivity contribution in [2.45, 2.75) is 27.7 Å². The van der Waals surface area contributed by atoms with E-state index in [0.717, 1.165) is 11.1 Å². The van der Waals surface area contributed by atoms with Crippen molar-refractivity contribution in [3.05, 3.63) is 28.8 Å². The summed E-state index contributed by atoms with van der Waals surface area (Å²) in [6, 6.07) is 3.56. The van der Waals surface area contributed by atoms with Crippen LogP contribution in [0.2, 0.25) is 0 Å². The molecule has 0 radical (unpaired) electrons. The Morgan fingerprint density at radius 1 is 1.22 bits per heavy atom. The third-order valence-corrected chi connectivity index (χ3v) is 2.97. The number of carbonyl (C=O) groups is 2. The monoisotopic (exact) mass is 250 g/mol. The van der Waals surface area contributed by atoms with E-state index in [1.165, 1.54) is 21.0 Å². The van der Waals surface area contributed by atoms with Gasteiger partial charge in [0.1, 0.15) is 11.2 Å². The minimum Gasteiger partial charge on any atom is -0.496 e. The van der Waals surface area contributed by atoms with Crippen LogP contribution < -0.4 is 4.74 Å². The lowest BCUT2D eigenvalue weighted by Gasteiger charge is -2.20.